The number of nitrogens with one attached hydrogen (secondary N) is 1. The van der Waals surface area contributed by atoms with Crippen LogP contribution in [0.15, 0.2) is 24.3 Å². The Morgan fingerprint density at radius 1 is 1.35 bits per heavy atom. The monoisotopic (exact) mass is 274 g/mol. The lowest BCUT2D eigenvalue weighted by atomic mass is 9.96. The molecule has 1 aromatic rings. The molecule has 0 spiro atoms. The fourth-order valence-corrected chi connectivity index (χ4v) is 2.32. The zero-order valence-corrected chi connectivity index (χ0v) is 12.3. The average molecular weight is 274 g/mol. The van der Waals surface area contributed by atoms with Crippen LogP contribution in [0, 0.1) is 11.3 Å². The van der Waals surface area contributed by atoms with E-state index in [1.807, 2.05) is 38.1 Å². The molecule has 108 valence electrons. The SMILES string of the molecule is COc1ccc(OC(C)CC(C)(C#N)NC2CC2)cc1. The number of nitriles is 1. The Kier molecular flexibility index (Phi) is 4.51. The third kappa shape index (κ3) is 4.14. The molecule has 1 saturated carbocycles. The van der Waals surface area contributed by atoms with Gasteiger partial charge in [-0.1, -0.05) is 0 Å². The van der Waals surface area contributed by atoms with Gasteiger partial charge >= 0.3 is 0 Å². The summed E-state index contributed by atoms with van der Waals surface area (Å²) in [7, 11) is 1.64. The van der Waals surface area contributed by atoms with Crippen molar-refractivity contribution in [3.63, 3.8) is 0 Å². The summed E-state index contributed by atoms with van der Waals surface area (Å²) in [6, 6.07) is 10.4. The van der Waals surface area contributed by atoms with Crippen molar-refractivity contribution in [2.24, 2.45) is 0 Å². The minimum atomic E-state index is -0.521. The third-order valence-electron chi connectivity index (χ3n) is 3.44. The fourth-order valence-electron chi connectivity index (χ4n) is 2.32. The maximum absolute atomic E-state index is 9.36. The number of nitrogens with zero attached hydrogens (tertiary/aromatic N) is 1. The molecule has 4 nitrogen and oxygen atoms in total. The second-order valence-corrected chi connectivity index (χ2v) is 5.67. The molecule has 1 N–H and O–H groups in total. The van der Waals surface area contributed by atoms with Crippen molar-refractivity contribution in [2.75, 3.05) is 7.11 Å². The Labute approximate surface area is 120 Å². The molecule has 1 fully saturated rings. The van der Waals surface area contributed by atoms with Gasteiger partial charge in [0, 0.05) is 12.5 Å². The van der Waals surface area contributed by atoms with Gasteiger partial charge in [0.25, 0.3) is 0 Å². The summed E-state index contributed by atoms with van der Waals surface area (Å²) in [4.78, 5) is 0. The molecule has 2 unspecified atom stereocenters. The maximum Gasteiger partial charge on any atom is 0.119 e. The zero-order chi connectivity index (χ0) is 14.6. The van der Waals surface area contributed by atoms with Crippen LogP contribution in [0.25, 0.3) is 0 Å². The molecule has 0 radical (unpaired) electrons. The molecule has 4 heteroatoms. The van der Waals surface area contributed by atoms with E-state index in [9.17, 15) is 5.26 Å². The number of hydrogen-bond donors (Lipinski definition) is 1. The van der Waals surface area contributed by atoms with Crippen LogP contribution in [0.4, 0.5) is 0 Å². The standard InChI is InChI=1S/C16H22N2O2/c1-12(10-16(2,11-17)18-13-4-5-13)20-15-8-6-14(19-3)7-9-15/h6-9,12-13,18H,4-5,10H2,1-3H3. The highest BCUT2D eigenvalue weighted by molar-refractivity contribution is 5.31. The van der Waals surface area contributed by atoms with E-state index in [0.29, 0.717) is 12.5 Å². The lowest BCUT2D eigenvalue weighted by Crippen LogP contribution is -2.45. The molecule has 1 aromatic carbocycles. The Morgan fingerprint density at radius 3 is 2.45 bits per heavy atom. The van der Waals surface area contributed by atoms with E-state index in [1.54, 1.807) is 7.11 Å². The van der Waals surface area contributed by atoms with Gasteiger partial charge in [-0.05, 0) is 51.0 Å². The topological polar surface area (TPSA) is 54.3 Å². The average Bonchev–Trinajstić information content (AvgIpc) is 3.23. The number of methoxy groups -OCH3 is 1. The Hall–Kier alpha value is -1.73. The Bertz CT molecular complexity index is 476. The molecular weight excluding hydrogens is 252 g/mol. The zero-order valence-electron chi connectivity index (χ0n) is 12.3. The van der Waals surface area contributed by atoms with Crippen LogP contribution in [0.3, 0.4) is 0 Å². The molecule has 0 saturated heterocycles. The summed E-state index contributed by atoms with van der Waals surface area (Å²) >= 11 is 0. The van der Waals surface area contributed by atoms with Gasteiger partial charge in [-0.25, -0.2) is 0 Å². The van der Waals surface area contributed by atoms with Gasteiger partial charge in [0.1, 0.15) is 17.0 Å². The first-order valence-corrected chi connectivity index (χ1v) is 7.04. The van der Waals surface area contributed by atoms with E-state index >= 15 is 0 Å². The van der Waals surface area contributed by atoms with Crippen molar-refractivity contribution in [2.45, 2.75) is 50.8 Å². The highest BCUT2D eigenvalue weighted by Gasteiger charge is 2.34. The van der Waals surface area contributed by atoms with Crippen LogP contribution in [-0.4, -0.2) is 24.8 Å². The van der Waals surface area contributed by atoms with Crippen LogP contribution in [0.1, 0.15) is 33.1 Å². The van der Waals surface area contributed by atoms with Crippen molar-refractivity contribution < 1.29 is 9.47 Å². The summed E-state index contributed by atoms with van der Waals surface area (Å²) < 4.78 is 11.0. The molecule has 0 bridgehead atoms. The molecule has 0 aromatic heterocycles. The van der Waals surface area contributed by atoms with Gasteiger partial charge in [-0.2, -0.15) is 5.26 Å². The van der Waals surface area contributed by atoms with Crippen molar-refractivity contribution in [1.82, 2.24) is 5.32 Å². The van der Waals surface area contributed by atoms with E-state index < -0.39 is 5.54 Å². The van der Waals surface area contributed by atoms with Crippen LogP contribution < -0.4 is 14.8 Å². The second-order valence-electron chi connectivity index (χ2n) is 5.67. The van der Waals surface area contributed by atoms with Crippen molar-refractivity contribution in [3.8, 4) is 17.6 Å². The molecule has 1 aliphatic rings. The highest BCUT2D eigenvalue weighted by atomic mass is 16.5. The predicted molar refractivity (Wildman–Crippen MR) is 77.9 cm³/mol. The normalized spacial score (nSPS) is 18.7. The minimum Gasteiger partial charge on any atom is -0.497 e. The smallest absolute Gasteiger partial charge is 0.119 e. The molecule has 0 aliphatic heterocycles. The van der Waals surface area contributed by atoms with Gasteiger partial charge in [-0.3, -0.25) is 5.32 Å². The van der Waals surface area contributed by atoms with Gasteiger partial charge in [0.05, 0.1) is 19.3 Å². The first kappa shape index (κ1) is 14.7. The van der Waals surface area contributed by atoms with E-state index in [-0.39, 0.29) is 6.10 Å². The van der Waals surface area contributed by atoms with E-state index in [2.05, 4.69) is 11.4 Å². The highest BCUT2D eigenvalue weighted by Crippen LogP contribution is 2.26. The van der Waals surface area contributed by atoms with Crippen molar-refractivity contribution in [1.29, 1.82) is 5.26 Å². The van der Waals surface area contributed by atoms with Crippen LogP contribution >= 0.6 is 0 Å². The Morgan fingerprint density at radius 2 is 1.95 bits per heavy atom. The summed E-state index contributed by atoms with van der Waals surface area (Å²) in [5, 5.41) is 12.8. The third-order valence-corrected chi connectivity index (χ3v) is 3.44. The second kappa shape index (κ2) is 6.15. The van der Waals surface area contributed by atoms with Gasteiger partial charge < -0.3 is 9.47 Å². The van der Waals surface area contributed by atoms with E-state index in [4.69, 9.17) is 9.47 Å². The van der Waals surface area contributed by atoms with E-state index in [1.165, 1.54) is 12.8 Å². The summed E-state index contributed by atoms with van der Waals surface area (Å²) in [5.41, 5.74) is -0.521. The fraction of sp³-hybridized carbons (Fsp3) is 0.562. The summed E-state index contributed by atoms with van der Waals surface area (Å²) in [5.74, 6) is 1.60. The van der Waals surface area contributed by atoms with Crippen LogP contribution in [0.2, 0.25) is 0 Å². The minimum absolute atomic E-state index is 0.0284. The van der Waals surface area contributed by atoms with Crippen molar-refractivity contribution >= 4 is 0 Å². The molecule has 2 rings (SSSR count). The molecule has 0 amide bonds. The lowest BCUT2D eigenvalue weighted by molar-refractivity contribution is 0.179. The quantitative estimate of drug-likeness (QED) is 0.830. The lowest BCUT2D eigenvalue weighted by Gasteiger charge is -2.27. The first-order chi connectivity index (χ1) is 9.54. The molecule has 2 atom stereocenters. The maximum atomic E-state index is 9.36. The number of rotatable bonds is 7. The van der Waals surface area contributed by atoms with Gasteiger partial charge in [0.15, 0.2) is 0 Å². The van der Waals surface area contributed by atoms with Crippen LogP contribution in [-0.2, 0) is 0 Å². The molecular formula is C16H22N2O2. The van der Waals surface area contributed by atoms with Crippen LogP contribution in [0.5, 0.6) is 11.5 Å². The Balaban J connectivity index is 1.89. The first-order valence-electron chi connectivity index (χ1n) is 7.04. The predicted octanol–water partition coefficient (Wildman–Crippen LogP) is 2.89. The molecule has 1 aliphatic carbocycles. The van der Waals surface area contributed by atoms with Crippen molar-refractivity contribution in [3.05, 3.63) is 24.3 Å². The van der Waals surface area contributed by atoms with Gasteiger partial charge in [-0.15, -0.1) is 0 Å². The summed E-state index contributed by atoms with van der Waals surface area (Å²) in [6.45, 7) is 3.94. The summed E-state index contributed by atoms with van der Waals surface area (Å²) in [6.07, 6.45) is 2.97. The van der Waals surface area contributed by atoms with Gasteiger partial charge in [0.2, 0.25) is 0 Å². The number of benzene rings is 1. The number of hydrogen-bond acceptors (Lipinski definition) is 4. The number of ether oxygens (including phenoxy) is 2. The van der Waals surface area contributed by atoms with E-state index in [0.717, 1.165) is 11.5 Å². The molecule has 0 heterocycles. The largest absolute Gasteiger partial charge is 0.497 e. The molecule has 20 heavy (non-hydrogen) atoms.